The third-order valence-corrected chi connectivity index (χ3v) is 2.19. The van der Waals surface area contributed by atoms with Crippen LogP contribution in [0.5, 0.6) is 0 Å². The van der Waals surface area contributed by atoms with Crippen molar-refractivity contribution < 1.29 is 14.7 Å². The standard InChI is InChI=1S/C11H22N2O3/c1-5-13(7-10(14)15)11(16)12-9(4)6-8(2)3/h8-9H,5-7H2,1-4H3,(H,12,16)(H,14,15). The van der Waals surface area contributed by atoms with Crippen LogP contribution in [0.15, 0.2) is 0 Å². The summed E-state index contributed by atoms with van der Waals surface area (Å²) in [6.45, 7) is 7.99. The molecule has 0 aliphatic carbocycles. The molecule has 5 nitrogen and oxygen atoms in total. The first kappa shape index (κ1) is 14.7. The normalized spacial score (nSPS) is 12.3. The first-order chi connectivity index (χ1) is 7.36. The maximum atomic E-state index is 11.7. The molecule has 0 heterocycles. The number of amides is 2. The van der Waals surface area contributed by atoms with Crippen molar-refractivity contribution >= 4 is 12.0 Å². The van der Waals surface area contributed by atoms with Crippen molar-refractivity contribution in [2.24, 2.45) is 5.92 Å². The second kappa shape index (κ2) is 7.09. The van der Waals surface area contributed by atoms with Crippen LogP contribution in [-0.2, 0) is 4.79 Å². The van der Waals surface area contributed by atoms with Gasteiger partial charge < -0.3 is 15.3 Å². The molecule has 1 unspecified atom stereocenters. The monoisotopic (exact) mass is 230 g/mol. The zero-order valence-electron chi connectivity index (χ0n) is 10.5. The molecule has 0 aliphatic heterocycles. The SMILES string of the molecule is CCN(CC(=O)O)C(=O)NC(C)CC(C)C. The van der Waals surface area contributed by atoms with E-state index in [0.717, 1.165) is 6.42 Å². The van der Waals surface area contributed by atoms with Crippen LogP contribution in [0.4, 0.5) is 4.79 Å². The highest BCUT2D eigenvalue weighted by atomic mass is 16.4. The van der Waals surface area contributed by atoms with Crippen LogP contribution in [-0.4, -0.2) is 41.1 Å². The Morgan fingerprint density at radius 2 is 1.88 bits per heavy atom. The van der Waals surface area contributed by atoms with Crippen LogP contribution < -0.4 is 5.32 Å². The molecule has 0 fully saturated rings. The van der Waals surface area contributed by atoms with Gasteiger partial charge in [0.1, 0.15) is 6.54 Å². The predicted molar refractivity (Wildman–Crippen MR) is 62.3 cm³/mol. The Labute approximate surface area is 96.8 Å². The van der Waals surface area contributed by atoms with Crippen LogP contribution in [0, 0.1) is 5.92 Å². The fourth-order valence-corrected chi connectivity index (χ4v) is 1.56. The molecule has 2 amide bonds. The maximum absolute atomic E-state index is 11.7. The Hall–Kier alpha value is -1.26. The highest BCUT2D eigenvalue weighted by Crippen LogP contribution is 2.04. The first-order valence-electron chi connectivity index (χ1n) is 5.64. The number of carboxylic acids is 1. The van der Waals surface area contributed by atoms with Gasteiger partial charge in [-0.15, -0.1) is 0 Å². The van der Waals surface area contributed by atoms with Crippen molar-refractivity contribution in [2.75, 3.05) is 13.1 Å². The Balaban J connectivity index is 4.15. The van der Waals surface area contributed by atoms with Crippen molar-refractivity contribution in [1.82, 2.24) is 10.2 Å². The van der Waals surface area contributed by atoms with Gasteiger partial charge in [-0.2, -0.15) is 0 Å². The fourth-order valence-electron chi connectivity index (χ4n) is 1.56. The van der Waals surface area contributed by atoms with E-state index in [1.54, 1.807) is 6.92 Å². The van der Waals surface area contributed by atoms with Gasteiger partial charge in [0.25, 0.3) is 0 Å². The Morgan fingerprint density at radius 1 is 1.31 bits per heavy atom. The van der Waals surface area contributed by atoms with Gasteiger partial charge in [-0.05, 0) is 26.2 Å². The van der Waals surface area contributed by atoms with E-state index in [2.05, 4.69) is 19.2 Å². The lowest BCUT2D eigenvalue weighted by atomic mass is 10.1. The van der Waals surface area contributed by atoms with Gasteiger partial charge >= 0.3 is 12.0 Å². The number of hydrogen-bond donors (Lipinski definition) is 2. The number of carbonyl (C=O) groups excluding carboxylic acids is 1. The fraction of sp³-hybridized carbons (Fsp3) is 0.818. The molecule has 5 heteroatoms. The minimum Gasteiger partial charge on any atom is -0.480 e. The predicted octanol–water partition coefficient (Wildman–Crippen LogP) is 1.54. The molecule has 0 aromatic carbocycles. The molecular weight excluding hydrogens is 208 g/mol. The van der Waals surface area contributed by atoms with Crippen molar-refractivity contribution in [2.45, 2.75) is 40.2 Å². The summed E-state index contributed by atoms with van der Waals surface area (Å²) in [7, 11) is 0. The highest BCUT2D eigenvalue weighted by molar-refractivity contribution is 5.80. The van der Waals surface area contributed by atoms with E-state index in [1.807, 2.05) is 6.92 Å². The second-order valence-corrected chi connectivity index (χ2v) is 4.39. The first-order valence-corrected chi connectivity index (χ1v) is 5.64. The summed E-state index contributed by atoms with van der Waals surface area (Å²) in [5, 5.41) is 11.4. The molecule has 0 saturated heterocycles. The number of nitrogens with zero attached hydrogens (tertiary/aromatic N) is 1. The van der Waals surface area contributed by atoms with Crippen molar-refractivity contribution in [3.05, 3.63) is 0 Å². The second-order valence-electron chi connectivity index (χ2n) is 4.39. The third-order valence-electron chi connectivity index (χ3n) is 2.19. The van der Waals surface area contributed by atoms with Crippen LogP contribution in [0.3, 0.4) is 0 Å². The third kappa shape index (κ3) is 6.27. The summed E-state index contributed by atoms with van der Waals surface area (Å²) < 4.78 is 0. The summed E-state index contributed by atoms with van der Waals surface area (Å²) in [5.74, 6) is -0.488. The Kier molecular flexibility index (Phi) is 6.53. The number of nitrogens with one attached hydrogen (secondary N) is 1. The summed E-state index contributed by atoms with van der Waals surface area (Å²) in [4.78, 5) is 23.4. The summed E-state index contributed by atoms with van der Waals surface area (Å²) in [6, 6.07) is -0.242. The zero-order chi connectivity index (χ0) is 12.7. The van der Waals surface area contributed by atoms with E-state index < -0.39 is 5.97 Å². The molecule has 0 spiro atoms. The van der Waals surface area contributed by atoms with Crippen molar-refractivity contribution in [1.29, 1.82) is 0 Å². The van der Waals surface area contributed by atoms with Gasteiger partial charge in [-0.25, -0.2) is 4.79 Å². The van der Waals surface area contributed by atoms with Gasteiger partial charge in [-0.3, -0.25) is 4.79 Å². The quantitative estimate of drug-likeness (QED) is 0.727. The number of aliphatic carboxylic acids is 1. The molecule has 0 bridgehead atoms. The minimum atomic E-state index is -0.992. The molecule has 0 aromatic rings. The van der Waals surface area contributed by atoms with Gasteiger partial charge in [0.2, 0.25) is 0 Å². The lowest BCUT2D eigenvalue weighted by Gasteiger charge is -2.23. The van der Waals surface area contributed by atoms with Crippen LogP contribution in [0.1, 0.15) is 34.1 Å². The zero-order valence-corrected chi connectivity index (χ0v) is 10.5. The van der Waals surface area contributed by atoms with E-state index in [0.29, 0.717) is 12.5 Å². The molecule has 0 saturated carbocycles. The molecule has 16 heavy (non-hydrogen) atoms. The van der Waals surface area contributed by atoms with E-state index in [4.69, 9.17) is 5.11 Å². The summed E-state index contributed by atoms with van der Waals surface area (Å²) in [6.07, 6.45) is 0.885. The van der Waals surface area contributed by atoms with Gasteiger partial charge in [0.15, 0.2) is 0 Å². The van der Waals surface area contributed by atoms with Crippen LogP contribution in [0.25, 0.3) is 0 Å². The molecule has 2 N–H and O–H groups in total. The number of hydrogen-bond acceptors (Lipinski definition) is 2. The molecular formula is C11H22N2O3. The van der Waals surface area contributed by atoms with E-state index in [9.17, 15) is 9.59 Å². The van der Waals surface area contributed by atoms with Crippen LogP contribution in [0.2, 0.25) is 0 Å². The average molecular weight is 230 g/mol. The number of likely N-dealkylation sites (N-methyl/N-ethyl adjacent to an activating group) is 1. The van der Waals surface area contributed by atoms with Gasteiger partial charge in [-0.1, -0.05) is 13.8 Å². The molecule has 0 aromatic heterocycles. The minimum absolute atomic E-state index is 0.0651. The van der Waals surface area contributed by atoms with Gasteiger partial charge in [0, 0.05) is 12.6 Å². The summed E-state index contributed by atoms with van der Waals surface area (Å²) in [5.41, 5.74) is 0. The number of rotatable bonds is 6. The van der Waals surface area contributed by atoms with Gasteiger partial charge in [0.05, 0.1) is 0 Å². The molecule has 0 rings (SSSR count). The molecule has 94 valence electrons. The van der Waals surface area contributed by atoms with E-state index in [1.165, 1.54) is 4.90 Å². The van der Waals surface area contributed by atoms with Crippen molar-refractivity contribution in [3.8, 4) is 0 Å². The number of urea groups is 1. The topological polar surface area (TPSA) is 69.6 Å². The molecule has 0 radical (unpaired) electrons. The molecule has 1 atom stereocenters. The van der Waals surface area contributed by atoms with E-state index in [-0.39, 0.29) is 18.6 Å². The van der Waals surface area contributed by atoms with E-state index >= 15 is 0 Å². The maximum Gasteiger partial charge on any atom is 0.323 e. The highest BCUT2D eigenvalue weighted by Gasteiger charge is 2.16. The van der Waals surface area contributed by atoms with Crippen molar-refractivity contribution in [3.63, 3.8) is 0 Å². The average Bonchev–Trinajstić information content (AvgIpc) is 2.11. The number of carboxylic acid groups (broad SMARTS) is 1. The largest absolute Gasteiger partial charge is 0.480 e. The lowest BCUT2D eigenvalue weighted by Crippen LogP contribution is -2.46. The Morgan fingerprint density at radius 3 is 2.25 bits per heavy atom. The smallest absolute Gasteiger partial charge is 0.323 e. The Bertz CT molecular complexity index is 241. The van der Waals surface area contributed by atoms with Crippen LogP contribution >= 0.6 is 0 Å². The molecule has 0 aliphatic rings. The lowest BCUT2D eigenvalue weighted by molar-refractivity contribution is -0.137. The summed E-state index contributed by atoms with van der Waals surface area (Å²) >= 11 is 0. The number of carbonyl (C=O) groups is 2.